The molecule has 0 unspecified atom stereocenters. The van der Waals surface area contributed by atoms with Crippen LogP contribution in [0.25, 0.3) is 0 Å². The van der Waals surface area contributed by atoms with E-state index in [1.54, 1.807) is 21.3 Å². The lowest BCUT2D eigenvalue weighted by Crippen LogP contribution is -2.41. The molecule has 0 spiro atoms. The van der Waals surface area contributed by atoms with E-state index in [1.165, 1.54) is 0 Å². The highest BCUT2D eigenvalue weighted by atomic mass is 16.5. The van der Waals surface area contributed by atoms with Crippen LogP contribution in [-0.2, 0) is 6.54 Å². The zero-order valence-corrected chi connectivity index (χ0v) is 19.5. The number of hydrogen-bond acceptors (Lipinski definition) is 5. The Labute approximate surface area is 176 Å². The summed E-state index contributed by atoms with van der Waals surface area (Å²) in [6.07, 6.45) is 1.06. The van der Waals surface area contributed by atoms with Gasteiger partial charge >= 0.3 is 0 Å². The number of nitrogens with zero attached hydrogens (tertiary/aromatic N) is 2. The molecule has 2 N–H and O–H groups in total. The minimum Gasteiger partial charge on any atom is -0.496 e. The second kappa shape index (κ2) is 13.1. The van der Waals surface area contributed by atoms with Gasteiger partial charge in [-0.15, -0.1) is 0 Å². The second-order valence-electron chi connectivity index (χ2n) is 7.42. The molecule has 0 heterocycles. The minimum atomic E-state index is 0.475. The molecule has 1 aromatic carbocycles. The first-order valence-electron chi connectivity index (χ1n) is 10.4. The standard InChI is InChI=1S/C22H40N4O3/c1-9-23-22(24-11-10-12-26(16(2)3)17(4)5)25-15-18-13-20(28-7)21(29-8)14-19(18)27-6/h13-14,16-17H,9-12,15H2,1-8H3,(H2,23,24,25). The summed E-state index contributed by atoms with van der Waals surface area (Å²) in [4.78, 5) is 7.21. The van der Waals surface area contributed by atoms with Gasteiger partial charge in [-0.05, 0) is 47.1 Å². The van der Waals surface area contributed by atoms with Gasteiger partial charge in [-0.25, -0.2) is 4.99 Å². The normalized spacial score (nSPS) is 11.9. The van der Waals surface area contributed by atoms with Gasteiger partial charge in [0.15, 0.2) is 17.5 Å². The highest BCUT2D eigenvalue weighted by Gasteiger charge is 2.13. The van der Waals surface area contributed by atoms with Crippen molar-refractivity contribution in [1.29, 1.82) is 0 Å². The van der Waals surface area contributed by atoms with E-state index in [4.69, 9.17) is 19.2 Å². The number of ether oxygens (including phenoxy) is 3. The van der Waals surface area contributed by atoms with Gasteiger partial charge in [0.25, 0.3) is 0 Å². The van der Waals surface area contributed by atoms with Crippen LogP contribution in [0.5, 0.6) is 17.2 Å². The predicted octanol–water partition coefficient (Wildman–Crippen LogP) is 3.28. The SMILES string of the molecule is CCNC(=NCc1cc(OC)c(OC)cc1OC)NCCCN(C(C)C)C(C)C. The Hall–Kier alpha value is -2.15. The fourth-order valence-corrected chi connectivity index (χ4v) is 3.30. The molecule has 0 radical (unpaired) electrons. The molecule has 0 bridgehead atoms. The molecular formula is C22H40N4O3. The molecule has 0 amide bonds. The molecule has 0 saturated heterocycles. The van der Waals surface area contributed by atoms with E-state index in [-0.39, 0.29) is 0 Å². The van der Waals surface area contributed by atoms with Gasteiger partial charge in [0.1, 0.15) is 5.75 Å². The molecule has 0 fully saturated rings. The lowest BCUT2D eigenvalue weighted by Gasteiger charge is -2.30. The highest BCUT2D eigenvalue weighted by molar-refractivity contribution is 5.79. The molecule has 0 aliphatic carbocycles. The van der Waals surface area contributed by atoms with Crippen molar-refractivity contribution < 1.29 is 14.2 Å². The van der Waals surface area contributed by atoms with Crippen LogP contribution < -0.4 is 24.8 Å². The van der Waals surface area contributed by atoms with Gasteiger partial charge in [0, 0.05) is 43.3 Å². The summed E-state index contributed by atoms with van der Waals surface area (Å²) in [6.45, 7) is 14.3. The third-order valence-electron chi connectivity index (χ3n) is 4.75. The molecule has 7 nitrogen and oxygen atoms in total. The number of benzene rings is 1. The molecule has 0 atom stereocenters. The van der Waals surface area contributed by atoms with Gasteiger partial charge in [0.05, 0.1) is 27.9 Å². The number of aliphatic imine (C=N–C) groups is 1. The van der Waals surface area contributed by atoms with Crippen LogP contribution in [0.4, 0.5) is 0 Å². The lowest BCUT2D eigenvalue weighted by atomic mass is 10.1. The fraction of sp³-hybridized carbons (Fsp3) is 0.682. The summed E-state index contributed by atoms with van der Waals surface area (Å²) < 4.78 is 16.3. The second-order valence-corrected chi connectivity index (χ2v) is 7.42. The monoisotopic (exact) mass is 408 g/mol. The van der Waals surface area contributed by atoms with Gasteiger partial charge < -0.3 is 24.8 Å². The van der Waals surface area contributed by atoms with Crippen molar-refractivity contribution in [3.05, 3.63) is 17.7 Å². The Morgan fingerprint density at radius 3 is 2.03 bits per heavy atom. The molecule has 1 aromatic rings. The van der Waals surface area contributed by atoms with Crippen molar-refractivity contribution in [1.82, 2.24) is 15.5 Å². The van der Waals surface area contributed by atoms with Gasteiger partial charge in [0.2, 0.25) is 0 Å². The molecular weight excluding hydrogens is 368 g/mol. The molecule has 29 heavy (non-hydrogen) atoms. The van der Waals surface area contributed by atoms with Crippen LogP contribution in [-0.4, -0.2) is 63.9 Å². The summed E-state index contributed by atoms with van der Waals surface area (Å²) in [5.41, 5.74) is 0.938. The van der Waals surface area contributed by atoms with E-state index >= 15 is 0 Å². The third kappa shape index (κ3) is 8.01. The van der Waals surface area contributed by atoms with Crippen LogP contribution >= 0.6 is 0 Å². The third-order valence-corrected chi connectivity index (χ3v) is 4.75. The summed E-state index contributed by atoms with van der Waals surface area (Å²) in [6, 6.07) is 4.84. The van der Waals surface area contributed by atoms with Gasteiger partial charge in [-0.2, -0.15) is 0 Å². The van der Waals surface area contributed by atoms with Crippen LogP contribution in [0.15, 0.2) is 17.1 Å². The quantitative estimate of drug-likeness (QED) is 0.314. The smallest absolute Gasteiger partial charge is 0.191 e. The van der Waals surface area contributed by atoms with E-state index in [1.807, 2.05) is 12.1 Å². The van der Waals surface area contributed by atoms with E-state index in [2.05, 4.69) is 50.2 Å². The Morgan fingerprint density at radius 1 is 0.931 bits per heavy atom. The molecule has 1 rings (SSSR count). The average Bonchev–Trinajstić information content (AvgIpc) is 2.70. The highest BCUT2D eigenvalue weighted by Crippen LogP contribution is 2.34. The topological polar surface area (TPSA) is 67.4 Å². The Kier molecular flexibility index (Phi) is 11.3. The summed E-state index contributed by atoms with van der Waals surface area (Å²) in [7, 11) is 4.88. The van der Waals surface area contributed by atoms with Gasteiger partial charge in [-0.3, -0.25) is 4.90 Å². The van der Waals surface area contributed by atoms with E-state index < -0.39 is 0 Å². The first-order valence-corrected chi connectivity index (χ1v) is 10.4. The predicted molar refractivity (Wildman–Crippen MR) is 121 cm³/mol. The Bertz CT molecular complexity index is 625. The van der Waals surface area contributed by atoms with Crippen LogP contribution in [0.3, 0.4) is 0 Å². The maximum absolute atomic E-state index is 5.50. The summed E-state index contributed by atoms with van der Waals surface area (Å²) >= 11 is 0. The van der Waals surface area contributed by atoms with Gasteiger partial charge in [-0.1, -0.05) is 0 Å². The number of guanidine groups is 1. The van der Waals surface area contributed by atoms with Crippen molar-refractivity contribution in [2.24, 2.45) is 4.99 Å². The number of rotatable bonds is 12. The van der Waals surface area contributed by atoms with Crippen LogP contribution in [0.2, 0.25) is 0 Å². The molecule has 0 aromatic heterocycles. The Balaban J connectivity index is 2.77. The first kappa shape index (κ1) is 24.9. The van der Waals surface area contributed by atoms with E-state index in [0.29, 0.717) is 30.1 Å². The molecule has 0 saturated carbocycles. The lowest BCUT2D eigenvalue weighted by molar-refractivity contribution is 0.173. The van der Waals surface area contributed by atoms with Crippen molar-refractivity contribution in [2.75, 3.05) is 41.0 Å². The molecule has 7 heteroatoms. The van der Waals surface area contributed by atoms with Crippen LogP contribution in [0.1, 0.15) is 46.6 Å². The number of methoxy groups -OCH3 is 3. The van der Waals surface area contributed by atoms with Crippen molar-refractivity contribution in [3.63, 3.8) is 0 Å². The van der Waals surface area contributed by atoms with Crippen LogP contribution in [0, 0.1) is 0 Å². The Morgan fingerprint density at radius 2 is 1.52 bits per heavy atom. The van der Waals surface area contributed by atoms with E-state index in [9.17, 15) is 0 Å². The molecule has 0 aliphatic heterocycles. The average molecular weight is 409 g/mol. The molecule has 0 aliphatic rings. The maximum atomic E-state index is 5.50. The summed E-state index contributed by atoms with van der Waals surface area (Å²) in [5, 5.41) is 6.73. The number of nitrogens with one attached hydrogen (secondary N) is 2. The fourth-order valence-electron chi connectivity index (χ4n) is 3.30. The zero-order chi connectivity index (χ0) is 21.8. The summed E-state index contributed by atoms with van der Waals surface area (Å²) in [5.74, 6) is 2.83. The minimum absolute atomic E-state index is 0.475. The van der Waals surface area contributed by atoms with Crippen molar-refractivity contribution in [3.8, 4) is 17.2 Å². The first-order chi connectivity index (χ1) is 13.9. The van der Waals surface area contributed by atoms with E-state index in [0.717, 1.165) is 43.3 Å². The molecule has 166 valence electrons. The zero-order valence-electron chi connectivity index (χ0n) is 19.5. The van der Waals surface area contributed by atoms with Crippen molar-refractivity contribution in [2.45, 2.75) is 59.7 Å². The largest absolute Gasteiger partial charge is 0.496 e. The maximum Gasteiger partial charge on any atom is 0.191 e. The number of hydrogen-bond donors (Lipinski definition) is 2. The van der Waals surface area contributed by atoms with Crippen molar-refractivity contribution >= 4 is 5.96 Å².